The number of nitrogens with zero attached hydrogens (tertiary/aromatic N) is 6. The maximum Gasteiger partial charge on any atom is 0.337 e. The van der Waals surface area contributed by atoms with Gasteiger partial charge < -0.3 is 14.7 Å². The van der Waals surface area contributed by atoms with Crippen LogP contribution in [0.15, 0.2) is 67.3 Å². The molecule has 1 fully saturated rings. The molecule has 0 saturated carbocycles. The van der Waals surface area contributed by atoms with Crippen LogP contribution in [0.5, 0.6) is 0 Å². The lowest BCUT2D eigenvalue weighted by atomic mass is 10.1. The van der Waals surface area contributed by atoms with Crippen molar-refractivity contribution in [1.29, 1.82) is 0 Å². The number of pyridine rings is 2. The molecular formula is C27H22N6O3. The van der Waals surface area contributed by atoms with Gasteiger partial charge in [-0.05, 0) is 30.4 Å². The van der Waals surface area contributed by atoms with Crippen molar-refractivity contribution < 1.29 is 14.6 Å². The number of rotatable bonds is 5. The van der Waals surface area contributed by atoms with Crippen LogP contribution in [0.2, 0.25) is 0 Å². The third-order valence-electron chi connectivity index (χ3n) is 6.13. The van der Waals surface area contributed by atoms with E-state index in [4.69, 9.17) is 19.7 Å². The van der Waals surface area contributed by atoms with Crippen molar-refractivity contribution in [2.75, 3.05) is 31.2 Å². The number of ether oxygens (including phenoxy) is 1. The Kier molecular flexibility index (Phi) is 5.59. The summed E-state index contributed by atoms with van der Waals surface area (Å²) in [6, 6.07) is 13.6. The topological polar surface area (TPSA) is 106 Å². The molecule has 0 bridgehead atoms. The Morgan fingerprint density at radius 3 is 2.67 bits per heavy atom. The van der Waals surface area contributed by atoms with Gasteiger partial charge in [0.05, 0.1) is 47.6 Å². The molecule has 1 aliphatic heterocycles. The molecule has 36 heavy (non-hydrogen) atoms. The highest BCUT2D eigenvalue weighted by atomic mass is 16.5. The van der Waals surface area contributed by atoms with Crippen LogP contribution in [0.3, 0.4) is 0 Å². The molecule has 6 rings (SSSR count). The lowest BCUT2D eigenvalue weighted by Crippen LogP contribution is -2.37. The van der Waals surface area contributed by atoms with Crippen molar-refractivity contribution >= 4 is 40.5 Å². The highest BCUT2D eigenvalue weighted by Crippen LogP contribution is 2.27. The van der Waals surface area contributed by atoms with E-state index in [1.165, 1.54) is 6.20 Å². The van der Waals surface area contributed by atoms with Crippen molar-refractivity contribution in [3.05, 3.63) is 84.2 Å². The zero-order valence-electron chi connectivity index (χ0n) is 19.3. The van der Waals surface area contributed by atoms with E-state index in [1.54, 1.807) is 18.5 Å². The van der Waals surface area contributed by atoms with Gasteiger partial charge in [-0.1, -0.05) is 24.3 Å². The Balaban J connectivity index is 1.44. The number of aromatic nitrogens is 5. The largest absolute Gasteiger partial charge is 0.478 e. The van der Waals surface area contributed by atoms with Gasteiger partial charge in [0.25, 0.3) is 0 Å². The van der Waals surface area contributed by atoms with Crippen molar-refractivity contribution in [2.45, 2.75) is 0 Å². The first kappa shape index (κ1) is 21.9. The summed E-state index contributed by atoms with van der Waals surface area (Å²) in [5, 5.41) is 10.5. The standard InChI is InChI=1S/C27H22N6O3/c34-27(35)20-13-19(14-28-15-20)24-16-29-25(32-9-11-36-12-10-32)26-31-22(17-33(24)26)8-7-21-6-5-18-3-1-2-4-23(18)30-21/h1-8,13-17H,9-12H2,(H,34,35). The van der Waals surface area contributed by atoms with Gasteiger partial charge in [-0.2, -0.15) is 0 Å². The third kappa shape index (κ3) is 4.16. The van der Waals surface area contributed by atoms with E-state index in [0.717, 1.165) is 41.2 Å². The molecule has 0 aliphatic carbocycles. The Bertz CT molecular complexity index is 1620. The van der Waals surface area contributed by atoms with Gasteiger partial charge in [0, 0.05) is 42.6 Å². The fourth-order valence-corrected chi connectivity index (χ4v) is 4.32. The van der Waals surface area contributed by atoms with Crippen molar-refractivity contribution in [2.24, 2.45) is 0 Å². The first-order chi connectivity index (χ1) is 17.7. The van der Waals surface area contributed by atoms with Crippen LogP contribution in [-0.2, 0) is 4.74 Å². The highest BCUT2D eigenvalue weighted by molar-refractivity contribution is 5.89. The second-order valence-corrected chi connectivity index (χ2v) is 8.46. The molecule has 9 nitrogen and oxygen atoms in total. The van der Waals surface area contributed by atoms with E-state index in [2.05, 4.69) is 9.88 Å². The summed E-state index contributed by atoms with van der Waals surface area (Å²) >= 11 is 0. The van der Waals surface area contributed by atoms with E-state index >= 15 is 0 Å². The smallest absolute Gasteiger partial charge is 0.337 e. The van der Waals surface area contributed by atoms with E-state index in [0.29, 0.717) is 30.1 Å². The Morgan fingerprint density at radius 2 is 1.81 bits per heavy atom. The summed E-state index contributed by atoms with van der Waals surface area (Å²) in [6.07, 6.45) is 10.5. The normalized spacial score (nSPS) is 14.2. The maximum atomic E-state index is 11.5. The minimum atomic E-state index is -1.03. The molecule has 5 heterocycles. The summed E-state index contributed by atoms with van der Waals surface area (Å²) < 4.78 is 7.44. The van der Waals surface area contributed by atoms with Gasteiger partial charge in [-0.25, -0.2) is 19.7 Å². The number of aromatic carboxylic acids is 1. The molecule has 1 N–H and O–H groups in total. The molecule has 4 aromatic heterocycles. The van der Waals surface area contributed by atoms with Crippen LogP contribution in [0, 0.1) is 0 Å². The minimum absolute atomic E-state index is 0.112. The number of anilines is 1. The van der Waals surface area contributed by atoms with Gasteiger partial charge in [-0.3, -0.25) is 9.38 Å². The molecule has 1 aliphatic rings. The fourth-order valence-electron chi connectivity index (χ4n) is 4.32. The molecule has 0 unspecified atom stereocenters. The predicted molar refractivity (Wildman–Crippen MR) is 137 cm³/mol. The zero-order chi connectivity index (χ0) is 24.5. The van der Waals surface area contributed by atoms with E-state index in [1.807, 2.05) is 59.1 Å². The van der Waals surface area contributed by atoms with Gasteiger partial charge >= 0.3 is 5.97 Å². The second kappa shape index (κ2) is 9.20. The van der Waals surface area contributed by atoms with Crippen LogP contribution >= 0.6 is 0 Å². The first-order valence-electron chi connectivity index (χ1n) is 11.6. The molecular weight excluding hydrogens is 456 g/mol. The monoisotopic (exact) mass is 478 g/mol. The lowest BCUT2D eigenvalue weighted by Gasteiger charge is -2.28. The first-order valence-corrected chi connectivity index (χ1v) is 11.6. The Labute approximate surface area is 206 Å². The summed E-state index contributed by atoms with van der Waals surface area (Å²) in [7, 11) is 0. The molecule has 1 saturated heterocycles. The number of fused-ring (bicyclic) bond motifs is 2. The number of carboxylic acid groups (broad SMARTS) is 1. The number of benzene rings is 1. The maximum absolute atomic E-state index is 11.5. The highest BCUT2D eigenvalue weighted by Gasteiger charge is 2.20. The average Bonchev–Trinajstić information content (AvgIpc) is 3.36. The van der Waals surface area contributed by atoms with E-state index in [9.17, 15) is 9.90 Å². The number of carbonyl (C=O) groups is 1. The summed E-state index contributed by atoms with van der Waals surface area (Å²) in [4.78, 5) is 32.1. The summed E-state index contributed by atoms with van der Waals surface area (Å²) in [5.41, 5.74) is 4.63. The fraction of sp³-hybridized carbons (Fsp3) is 0.148. The van der Waals surface area contributed by atoms with Gasteiger partial charge in [-0.15, -0.1) is 0 Å². The number of carboxylic acids is 1. The van der Waals surface area contributed by atoms with Gasteiger partial charge in [0.2, 0.25) is 0 Å². The molecule has 0 atom stereocenters. The van der Waals surface area contributed by atoms with Crippen LogP contribution in [0.4, 0.5) is 5.82 Å². The molecule has 0 spiro atoms. The van der Waals surface area contributed by atoms with E-state index in [-0.39, 0.29) is 5.56 Å². The van der Waals surface area contributed by atoms with Gasteiger partial charge in [0.1, 0.15) is 0 Å². The predicted octanol–water partition coefficient (Wildman–Crippen LogP) is 4.04. The van der Waals surface area contributed by atoms with Crippen molar-refractivity contribution in [3.63, 3.8) is 0 Å². The zero-order valence-corrected chi connectivity index (χ0v) is 19.3. The van der Waals surface area contributed by atoms with Crippen LogP contribution < -0.4 is 4.90 Å². The molecule has 0 radical (unpaired) electrons. The molecule has 5 aromatic rings. The van der Waals surface area contributed by atoms with Crippen LogP contribution in [-0.4, -0.2) is 61.7 Å². The summed E-state index contributed by atoms with van der Waals surface area (Å²) in [5.74, 6) is -0.275. The summed E-state index contributed by atoms with van der Waals surface area (Å²) in [6.45, 7) is 2.69. The molecule has 0 amide bonds. The molecule has 9 heteroatoms. The molecule has 178 valence electrons. The van der Waals surface area contributed by atoms with Gasteiger partial charge in [0.15, 0.2) is 11.5 Å². The number of hydrogen-bond donors (Lipinski definition) is 1. The number of morpholine rings is 1. The van der Waals surface area contributed by atoms with Crippen LogP contribution in [0.25, 0.3) is 40.0 Å². The van der Waals surface area contributed by atoms with Crippen molar-refractivity contribution in [3.8, 4) is 11.3 Å². The third-order valence-corrected chi connectivity index (χ3v) is 6.13. The number of imidazole rings is 1. The lowest BCUT2D eigenvalue weighted by molar-refractivity contribution is 0.0696. The quantitative estimate of drug-likeness (QED) is 0.403. The molecule has 1 aromatic carbocycles. The SMILES string of the molecule is O=C(O)c1cncc(-c2cnc(N3CCOCC3)c3nc(C=Cc4ccc5ccccc5n4)cn23)c1. The number of hydrogen-bond acceptors (Lipinski definition) is 7. The van der Waals surface area contributed by atoms with E-state index < -0.39 is 5.97 Å². The van der Waals surface area contributed by atoms with Crippen LogP contribution in [0.1, 0.15) is 21.7 Å². The Morgan fingerprint density at radius 1 is 0.972 bits per heavy atom. The minimum Gasteiger partial charge on any atom is -0.478 e. The number of para-hydroxylation sites is 1. The average molecular weight is 479 g/mol. The van der Waals surface area contributed by atoms with Crippen molar-refractivity contribution in [1.82, 2.24) is 24.3 Å². The Hall–Kier alpha value is -4.63. The second-order valence-electron chi connectivity index (χ2n) is 8.46.